The van der Waals surface area contributed by atoms with Gasteiger partial charge in [0.1, 0.15) is 0 Å². The monoisotopic (exact) mass is 196 g/mol. The highest BCUT2D eigenvalue weighted by molar-refractivity contribution is 5.60. The van der Waals surface area contributed by atoms with Crippen molar-refractivity contribution in [2.24, 2.45) is 5.11 Å². The smallest absolute Gasteiger partial charge is 0.0702 e. The zero-order valence-electron chi connectivity index (χ0n) is 7.91. The summed E-state index contributed by atoms with van der Waals surface area (Å²) in [7, 11) is 0. The number of nitrogens with zero attached hydrogens (tertiary/aromatic N) is 4. The van der Waals surface area contributed by atoms with E-state index in [-0.39, 0.29) is 0 Å². The van der Waals surface area contributed by atoms with E-state index in [2.05, 4.69) is 15.0 Å². The molecule has 0 aliphatic heterocycles. The highest BCUT2D eigenvalue weighted by Gasteiger charge is 1.96. The van der Waals surface area contributed by atoms with Gasteiger partial charge in [0.15, 0.2) is 0 Å². The number of benzene rings is 1. The molecule has 0 N–H and O–H groups in total. The number of pyridine rings is 1. The Kier molecular flexibility index (Phi) is 2.63. The molecule has 2 rings (SSSR count). The molecule has 0 unspecified atom stereocenters. The minimum absolute atomic E-state index is 0.525. The Labute approximate surface area is 86.8 Å². The van der Waals surface area contributed by atoms with Gasteiger partial charge >= 0.3 is 0 Å². The Morgan fingerprint density at radius 3 is 2.47 bits per heavy atom. The lowest BCUT2D eigenvalue weighted by molar-refractivity contribution is 1.30. The summed E-state index contributed by atoms with van der Waals surface area (Å²) in [4.78, 5) is 6.90. The SMILES string of the molecule is [N-]=[N+]=Nc1ccc(-c2ccccc2)nc1. The van der Waals surface area contributed by atoms with Gasteiger partial charge in [-0.1, -0.05) is 35.4 Å². The van der Waals surface area contributed by atoms with Crippen LogP contribution in [0, 0.1) is 0 Å². The molecule has 0 aliphatic carbocycles. The summed E-state index contributed by atoms with van der Waals surface area (Å²) in [5, 5.41) is 3.46. The number of hydrogen-bond acceptors (Lipinski definition) is 2. The van der Waals surface area contributed by atoms with Crippen LogP contribution in [-0.2, 0) is 0 Å². The Hall–Kier alpha value is -2.32. The third-order valence-corrected chi connectivity index (χ3v) is 1.98. The predicted molar refractivity (Wildman–Crippen MR) is 58.5 cm³/mol. The Morgan fingerprint density at radius 1 is 1.07 bits per heavy atom. The summed E-state index contributed by atoms with van der Waals surface area (Å²) >= 11 is 0. The lowest BCUT2D eigenvalue weighted by Crippen LogP contribution is -1.80. The number of rotatable bonds is 2. The molecule has 0 aliphatic rings. The van der Waals surface area contributed by atoms with Crippen LogP contribution in [0.2, 0.25) is 0 Å². The summed E-state index contributed by atoms with van der Waals surface area (Å²) in [6.45, 7) is 0. The predicted octanol–water partition coefficient (Wildman–Crippen LogP) is 3.69. The molecular weight excluding hydrogens is 188 g/mol. The highest BCUT2D eigenvalue weighted by Crippen LogP contribution is 2.19. The fourth-order valence-corrected chi connectivity index (χ4v) is 1.28. The number of azide groups is 1. The molecule has 4 nitrogen and oxygen atoms in total. The third-order valence-electron chi connectivity index (χ3n) is 1.98. The summed E-state index contributed by atoms with van der Waals surface area (Å²) in [5.74, 6) is 0. The van der Waals surface area contributed by atoms with E-state index in [0.29, 0.717) is 5.69 Å². The molecular formula is C11H8N4. The van der Waals surface area contributed by atoms with Crippen molar-refractivity contribution < 1.29 is 0 Å². The Morgan fingerprint density at radius 2 is 1.87 bits per heavy atom. The molecule has 72 valence electrons. The van der Waals surface area contributed by atoms with Gasteiger partial charge in [0.2, 0.25) is 0 Å². The first-order valence-electron chi connectivity index (χ1n) is 4.47. The Balaban J connectivity index is 2.36. The van der Waals surface area contributed by atoms with E-state index < -0.39 is 0 Å². The van der Waals surface area contributed by atoms with Crippen LogP contribution in [0.15, 0.2) is 53.8 Å². The first-order valence-corrected chi connectivity index (χ1v) is 4.47. The average Bonchev–Trinajstić information content (AvgIpc) is 2.32. The van der Waals surface area contributed by atoms with Gasteiger partial charge in [-0.3, -0.25) is 4.98 Å². The molecule has 0 atom stereocenters. The third kappa shape index (κ3) is 2.13. The van der Waals surface area contributed by atoms with Gasteiger partial charge in [0.05, 0.1) is 11.4 Å². The quantitative estimate of drug-likeness (QED) is 0.410. The molecule has 2 aromatic rings. The molecule has 0 spiro atoms. The van der Waals surface area contributed by atoms with E-state index in [1.807, 2.05) is 36.4 Å². The zero-order valence-corrected chi connectivity index (χ0v) is 7.91. The fraction of sp³-hybridized carbons (Fsp3) is 0. The van der Waals surface area contributed by atoms with E-state index in [0.717, 1.165) is 11.3 Å². The van der Waals surface area contributed by atoms with Gasteiger partial charge in [0.25, 0.3) is 0 Å². The standard InChI is InChI=1S/C11H8N4/c12-15-14-10-6-7-11(13-8-10)9-4-2-1-3-5-9/h1-8H. The first kappa shape index (κ1) is 9.24. The molecule has 0 amide bonds. The lowest BCUT2D eigenvalue weighted by atomic mass is 10.1. The van der Waals surface area contributed by atoms with Crippen LogP contribution in [0.5, 0.6) is 0 Å². The second kappa shape index (κ2) is 4.26. The molecule has 4 heteroatoms. The molecule has 1 aromatic carbocycles. The van der Waals surface area contributed by atoms with Crippen molar-refractivity contribution in [1.29, 1.82) is 0 Å². The van der Waals surface area contributed by atoms with Gasteiger partial charge in [-0.25, -0.2) is 0 Å². The maximum absolute atomic E-state index is 8.24. The maximum atomic E-state index is 8.24. The highest BCUT2D eigenvalue weighted by atomic mass is 15.1. The Bertz CT molecular complexity index is 484. The van der Waals surface area contributed by atoms with Gasteiger partial charge in [-0.2, -0.15) is 0 Å². The van der Waals surface area contributed by atoms with Crippen LogP contribution < -0.4 is 0 Å². The van der Waals surface area contributed by atoms with Crippen molar-refractivity contribution in [3.8, 4) is 11.3 Å². The zero-order chi connectivity index (χ0) is 10.5. The second-order valence-electron chi connectivity index (χ2n) is 2.96. The van der Waals surface area contributed by atoms with Gasteiger partial charge in [-0.05, 0) is 17.7 Å². The van der Waals surface area contributed by atoms with Crippen LogP contribution in [0.4, 0.5) is 5.69 Å². The van der Waals surface area contributed by atoms with Crippen LogP contribution in [0.3, 0.4) is 0 Å². The summed E-state index contributed by atoms with van der Waals surface area (Å²) in [6, 6.07) is 13.4. The van der Waals surface area contributed by atoms with Crippen LogP contribution in [-0.4, -0.2) is 4.98 Å². The average molecular weight is 196 g/mol. The van der Waals surface area contributed by atoms with E-state index >= 15 is 0 Å². The summed E-state index contributed by atoms with van der Waals surface area (Å²) in [5.41, 5.74) is 10.7. The van der Waals surface area contributed by atoms with E-state index in [1.165, 1.54) is 0 Å². The van der Waals surface area contributed by atoms with Crippen LogP contribution >= 0.6 is 0 Å². The van der Waals surface area contributed by atoms with Crippen LogP contribution in [0.25, 0.3) is 21.7 Å². The van der Waals surface area contributed by atoms with Crippen molar-refractivity contribution in [3.63, 3.8) is 0 Å². The summed E-state index contributed by atoms with van der Waals surface area (Å²) in [6.07, 6.45) is 1.56. The molecule has 0 radical (unpaired) electrons. The summed E-state index contributed by atoms with van der Waals surface area (Å²) < 4.78 is 0. The van der Waals surface area contributed by atoms with E-state index in [9.17, 15) is 0 Å². The molecule has 1 aromatic heterocycles. The second-order valence-corrected chi connectivity index (χ2v) is 2.96. The van der Waals surface area contributed by atoms with Crippen LogP contribution in [0.1, 0.15) is 0 Å². The van der Waals surface area contributed by atoms with Gasteiger partial charge in [0, 0.05) is 16.7 Å². The van der Waals surface area contributed by atoms with Crippen molar-refractivity contribution in [3.05, 3.63) is 59.1 Å². The van der Waals surface area contributed by atoms with Crippen molar-refractivity contribution >= 4 is 5.69 Å². The molecule has 0 saturated carbocycles. The number of aromatic nitrogens is 1. The van der Waals surface area contributed by atoms with E-state index in [1.54, 1.807) is 12.3 Å². The molecule has 0 fully saturated rings. The maximum Gasteiger partial charge on any atom is 0.0702 e. The fourth-order valence-electron chi connectivity index (χ4n) is 1.28. The van der Waals surface area contributed by atoms with Crippen molar-refractivity contribution in [1.82, 2.24) is 4.98 Å². The van der Waals surface area contributed by atoms with Crippen molar-refractivity contribution in [2.45, 2.75) is 0 Å². The van der Waals surface area contributed by atoms with E-state index in [4.69, 9.17) is 5.53 Å². The normalized spacial score (nSPS) is 9.33. The molecule has 1 heterocycles. The largest absolute Gasteiger partial charge is 0.256 e. The van der Waals surface area contributed by atoms with Gasteiger partial charge in [-0.15, -0.1) is 0 Å². The first-order chi connectivity index (χ1) is 7.40. The molecule has 15 heavy (non-hydrogen) atoms. The molecule has 0 bridgehead atoms. The molecule has 0 saturated heterocycles. The minimum Gasteiger partial charge on any atom is -0.256 e. The number of hydrogen-bond donors (Lipinski definition) is 0. The minimum atomic E-state index is 0.525. The van der Waals surface area contributed by atoms with Gasteiger partial charge < -0.3 is 0 Å². The lowest BCUT2D eigenvalue weighted by Gasteiger charge is -1.99. The topological polar surface area (TPSA) is 61.7 Å². The van der Waals surface area contributed by atoms with Crippen molar-refractivity contribution in [2.75, 3.05) is 0 Å².